The first-order valence-corrected chi connectivity index (χ1v) is 6.96. The van der Waals surface area contributed by atoms with Gasteiger partial charge in [-0.3, -0.25) is 4.55 Å². The Bertz CT molecular complexity index is 761. The van der Waals surface area contributed by atoms with Crippen molar-refractivity contribution in [3.05, 3.63) is 42.1 Å². The van der Waals surface area contributed by atoms with Gasteiger partial charge in [0.15, 0.2) is 5.75 Å². The van der Waals surface area contributed by atoms with Crippen LogP contribution in [0.25, 0.3) is 0 Å². The van der Waals surface area contributed by atoms with Crippen LogP contribution in [-0.2, 0) is 10.1 Å². The van der Waals surface area contributed by atoms with Gasteiger partial charge in [0.1, 0.15) is 0 Å². The van der Waals surface area contributed by atoms with E-state index in [2.05, 4.69) is 15.2 Å². The Morgan fingerprint density at radius 1 is 1.05 bits per heavy atom. The molecule has 0 aliphatic carbocycles. The van der Waals surface area contributed by atoms with E-state index < -0.39 is 10.1 Å². The number of hydrogen-bond acceptors (Lipinski definition) is 6. The molecule has 0 saturated heterocycles. The largest absolute Gasteiger partial charge is 1.00 e. The monoisotopic (exact) mass is 316 g/mol. The SMILES string of the molecule is Cc1ccc(O)c(N=Nc2ccc(S(=O)(=O)O)cc2)n1.[Na+]. The van der Waals surface area contributed by atoms with Crippen LogP contribution in [0, 0.1) is 6.92 Å². The molecule has 0 atom stereocenters. The van der Waals surface area contributed by atoms with Crippen LogP contribution >= 0.6 is 0 Å². The summed E-state index contributed by atoms with van der Waals surface area (Å²) in [5, 5.41) is 17.1. The normalized spacial score (nSPS) is 11.3. The number of pyridine rings is 1. The fourth-order valence-corrected chi connectivity index (χ4v) is 1.88. The van der Waals surface area contributed by atoms with E-state index in [1.165, 1.54) is 30.3 Å². The van der Waals surface area contributed by atoms with Crippen molar-refractivity contribution in [3.63, 3.8) is 0 Å². The van der Waals surface area contributed by atoms with E-state index in [0.717, 1.165) is 0 Å². The third-order valence-electron chi connectivity index (χ3n) is 2.39. The second-order valence-corrected chi connectivity index (χ2v) is 5.39. The standard InChI is InChI=1S/C12H11N3O4S.Na/c1-8-2-7-11(16)12(13-8)15-14-9-3-5-10(6-4-9)20(17,18)19;/h2-7,16H,1H3,(H,17,18,19);/q;+1. The topological polar surface area (TPSA) is 112 Å². The van der Waals surface area contributed by atoms with Crippen LogP contribution in [0.4, 0.5) is 11.5 Å². The van der Waals surface area contributed by atoms with E-state index >= 15 is 0 Å². The van der Waals surface area contributed by atoms with Gasteiger partial charge in [-0.2, -0.15) is 8.42 Å². The molecule has 0 aliphatic heterocycles. The number of hydrogen-bond donors (Lipinski definition) is 2. The second-order valence-electron chi connectivity index (χ2n) is 3.96. The molecule has 1 aromatic carbocycles. The summed E-state index contributed by atoms with van der Waals surface area (Å²) >= 11 is 0. The van der Waals surface area contributed by atoms with E-state index in [-0.39, 0.29) is 46.0 Å². The molecule has 0 amide bonds. The summed E-state index contributed by atoms with van der Waals surface area (Å²) in [5.74, 6) is -0.0298. The third-order valence-corrected chi connectivity index (χ3v) is 3.26. The first-order chi connectivity index (χ1) is 9.36. The van der Waals surface area contributed by atoms with Gasteiger partial charge in [0.2, 0.25) is 5.82 Å². The molecule has 0 fully saturated rings. The minimum atomic E-state index is -4.22. The molecule has 0 radical (unpaired) electrons. The Balaban J connectivity index is 0.00000220. The Morgan fingerprint density at radius 2 is 1.67 bits per heavy atom. The molecule has 2 N–H and O–H groups in total. The molecule has 9 heteroatoms. The maximum absolute atomic E-state index is 10.9. The van der Waals surface area contributed by atoms with Crippen LogP contribution in [0.5, 0.6) is 5.75 Å². The predicted molar refractivity (Wildman–Crippen MR) is 71.1 cm³/mol. The summed E-state index contributed by atoms with van der Waals surface area (Å²) in [7, 11) is -4.22. The maximum Gasteiger partial charge on any atom is 1.00 e. The van der Waals surface area contributed by atoms with E-state index in [1.807, 2.05) is 0 Å². The molecular weight excluding hydrogens is 305 g/mol. The molecule has 2 aromatic rings. The van der Waals surface area contributed by atoms with Gasteiger partial charge < -0.3 is 5.11 Å². The fourth-order valence-electron chi connectivity index (χ4n) is 1.40. The molecule has 0 aliphatic rings. The summed E-state index contributed by atoms with van der Waals surface area (Å²) in [6.45, 7) is 1.75. The number of aromatic hydroxyl groups is 1. The summed E-state index contributed by atoms with van der Waals surface area (Å²) in [6, 6.07) is 8.24. The Kier molecular flexibility index (Phi) is 5.99. The Morgan fingerprint density at radius 3 is 2.24 bits per heavy atom. The molecule has 21 heavy (non-hydrogen) atoms. The summed E-state index contributed by atoms with van der Waals surface area (Å²) < 4.78 is 30.6. The minimum absolute atomic E-state index is 0. The van der Waals surface area contributed by atoms with Crippen molar-refractivity contribution in [1.82, 2.24) is 4.98 Å². The maximum atomic E-state index is 10.9. The molecule has 0 unspecified atom stereocenters. The minimum Gasteiger partial charge on any atom is -0.504 e. The van der Waals surface area contributed by atoms with Gasteiger partial charge in [-0.1, -0.05) is 0 Å². The van der Waals surface area contributed by atoms with Gasteiger partial charge in [0.05, 0.1) is 10.6 Å². The molecule has 7 nitrogen and oxygen atoms in total. The molecule has 1 heterocycles. The third kappa shape index (κ3) is 4.87. The van der Waals surface area contributed by atoms with Gasteiger partial charge in [0, 0.05) is 5.69 Å². The number of benzene rings is 1. The zero-order chi connectivity index (χ0) is 14.8. The number of aromatic nitrogens is 1. The molecular formula is C12H11N3NaO4S+. The predicted octanol–water partition coefficient (Wildman–Crippen LogP) is -0.238. The zero-order valence-electron chi connectivity index (χ0n) is 11.4. The smallest absolute Gasteiger partial charge is 0.504 e. The molecule has 2 rings (SSSR count). The Labute approximate surface area is 143 Å². The van der Waals surface area contributed by atoms with E-state index in [9.17, 15) is 13.5 Å². The van der Waals surface area contributed by atoms with Crippen LogP contribution < -0.4 is 29.6 Å². The number of nitrogens with zero attached hydrogens (tertiary/aromatic N) is 3. The summed E-state index contributed by atoms with van der Waals surface area (Å²) in [6.07, 6.45) is 0. The zero-order valence-corrected chi connectivity index (χ0v) is 14.2. The van der Waals surface area contributed by atoms with Crippen molar-refractivity contribution >= 4 is 21.6 Å². The van der Waals surface area contributed by atoms with Crippen molar-refractivity contribution in [2.75, 3.05) is 0 Å². The molecule has 1 aromatic heterocycles. The quantitative estimate of drug-likeness (QED) is 0.461. The van der Waals surface area contributed by atoms with Crippen molar-refractivity contribution in [3.8, 4) is 5.75 Å². The van der Waals surface area contributed by atoms with Crippen molar-refractivity contribution in [2.45, 2.75) is 11.8 Å². The van der Waals surface area contributed by atoms with Gasteiger partial charge >= 0.3 is 29.6 Å². The average molecular weight is 316 g/mol. The number of azo groups is 1. The summed E-state index contributed by atoms with van der Waals surface area (Å²) in [5.41, 5.74) is 1.04. The van der Waals surface area contributed by atoms with Gasteiger partial charge in [-0.05, 0) is 43.3 Å². The molecule has 0 saturated carbocycles. The fraction of sp³-hybridized carbons (Fsp3) is 0.0833. The van der Waals surface area contributed by atoms with Crippen molar-refractivity contribution in [1.29, 1.82) is 0 Å². The molecule has 104 valence electrons. The second kappa shape index (κ2) is 7.10. The van der Waals surface area contributed by atoms with Crippen LogP contribution in [0.3, 0.4) is 0 Å². The van der Waals surface area contributed by atoms with Crippen LogP contribution in [0.1, 0.15) is 5.69 Å². The number of rotatable bonds is 3. The average Bonchev–Trinajstić information content (AvgIpc) is 2.39. The summed E-state index contributed by atoms with van der Waals surface area (Å²) in [4.78, 5) is 3.77. The van der Waals surface area contributed by atoms with Gasteiger partial charge in [-0.25, -0.2) is 4.98 Å². The van der Waals surface area contributed by atoms with Crippen LogP contribution in [-0.4, -0.2) is 23.1 Å². The molecule has 0 spiro atoms. The van der Waals surface area contributed by atoms with E-state index in [0.29, 0.717) is 11.4 Å². The van der Waals surface area contributed by atoms with Crippen molar-refractivity contribution in [2.24, 2.45) is 10.2 Å². The van der Waals surface area contributed by atoms with Crippen molar-refractivity contribution < 1.29 is 47.6 Å². The first kappa shape index (κ1) is 17.7. The van der Waals surface area contributed by atoms with Crippen LogP contribution in [0.2, 0.25) is 0 Å². The Hall–Kier alpha value is -1.32. The first-order valence-electron chi connectivity index (χ1n) is 5.52. The van der Waals surface area contributed by atoms with Gasteiger partial charge in [0.25, 0.3) is 10.1 Å². The molecule has 0 bridgehead atoms. The van der Waals surface area contributed by atoms with E-state index in [1.54, 1.807) is 13.0 Å². The van der Waals surface area contributed by atoms with Crippen LogP contribution in [0.15, 0.2) is 51.5 Å². The van der Waals surface area contributed by atoms with Gasteiger partial charge in [-0.15, -0.1) is 10.2 Å². The number of aryl methyl sites for hydroxylation is 1. The van der Waals surface area contributed by atoms with E-state index in [4.69, 9.17) is 4.55 Å².